The Morgan fingerprint density at radius 1 is 1.33 bits per heavy atom. The second-order valence-corrected chi connectivity index (χ2v) is 6.53. The molecule has 3 atom stereocenters. The van der Waals surface area contributed by atoms with Gasteiger partial charge in [-0.15, -0.1) is 0 Å². The Labute approximate surface area is 131 Å². The molecule has 0 saturated carbocycles. The molecule has 4 heteroatoms. The standard InChI is InChI=1S/C17H14BrFN2/c18-11-7-14-12-4-1-5-13(12)16(10-3-2-6-20-9-10)21-17(14)15(19)8-11/h1-4,6-9,12-13,16,21H,5H2/t12-,13-,16-/m1/s1. The Morgan fingerprint density at radius 2 is 2.24 bits per heavy atom. The summed E-state index contributed by atoms with van der Waals surface area (Å²) in [7, 11) is 0. The van der Waals surface area contributed by atoms with Crippen LogP contribution in [-0.4, -0.2) is 4.98 Å². The van der Waals surface area contributed by atoms with E-state index in [1.807, 2.05) is 18.3 Å². The van der Waals surface area contributed by atoms with Gasteiger partial charge in [-0.05, 0) is 41.7 Å². The van der Waals surface area contributed by atoms with E-state index in [1.54, 1.807) is 6.20 Å². The van der Waals surface area contributed by atoms with Crippen molar-refractivity contribution in [1.29, 1.82) is 0 Å². The maximum atomic E-state index is 14.3. The Hall–Kier alpha value is -1.68. The highest BCUT2D eigenvalue weighted by atomic mass is 79.9. The van der Waals surface area contributed by atoms with Gasteiger partial charge in [0.05, 0.1) is 11.7 Å². The van der Waals surface area contributed by atoms with E-state index in [9.17, 15) is 4.39 Å². The second-order valence-electron chi connectivity index (χ2n) is 5.61. The third kappa shape index (κ3) is 2.09. The molecule has 0 amide bonds. The molecule has 0 unspecified atom stereocenters. The average Bonchev–Trinajstić information content (AvgIpc) is 2.97. The number of nitrogens with zero attached hydrogens (tertiary/aromatic N) is 1. The van der Waals surface area contributed by atoms with E-state index in [0.29, 0.717) is 11.6 Å². The molecule has 4 rings (SSSR count). The third-order valence-corrected chi connectivity index (χ3v) is 4.89. The fraction of sp³-hybridized carbons (Fsp3) is 0.235. The number of nitrogens with one attached hydrogen (secondary N) is 1. The van der Waals surface area contributed by atoms with E-state index in [2.05, 4.69) is 44.4 Å². The minimum atomic E-state index is -0.202. The molecule has 106 valence electrons. The van der Waals surface area contributed by atoms with E-state index in [1.165, 1.54) is 6.07 Å². The molecule has 0 radical (unpaired) electrons. The third-order valence-electron chi connectivity index (χ3n) is 4.43. The van der Waals surface area contributed by atoms with Crippen LogP contribution in [0.1, 0.15) is 29.5 Å². The summed E-state index contributed by atoms with van der Waals surface area (Å²) < 4.78 is 15.1. The molecule has 1 N–H and O–H groups in total. The molecule has 1 aliphatic carbocycles. The van der Waals surface area contributed by atoms with Crippen molar-refractivity contribution in [3.8, 4) is 0 Å². The first-order valence-corrected chi connectivity index (χ1v) is 7.85. The molecule has 1 aliphatic heterocycles. The van der Waals surface area contributed by atoms with Gasteiger partial charge in [0.15, 0.2) is 0 Å². The fourth-order valence-corrected chi connectivity index (χ4v) is 3.96. The van der Waals surface area contributed by atoms with Gasteiger partial charge in [-0.25, -0.2) is 4.39 Å². The highest BCUT2D eigenvalue weighted by Crippen LogP contribution is 2.50. The number of rotatable bonds is 1. The lowest BCUT2D eigenvalue weighted by Gasteiger charge is -2.37. The minimum Gasteiger partial charge on any atom is -0.375 e. The second kappa shape index (κ2) is 4.95. The minimum absolute atomic E-state index is 0.0990. The predicted molar refractivity (Wildman–Crippen MR) is 84.7 cm³/mol. The molecule has 2 nitrogen and oxygen atoms in total. The van der Waals surface area contributed by atoms with Crippen LogP contribution in [0.3, 0.4) is 0 Å². The summed E-state index contributed by atoms with van der Waals surface area (Å²) in [5.74, 6) is 0.473. The van der Waals surface area contributed by atoms with Crippen LogP contribution in [0.2, 0.25) is 0 Å². The van der Waals surface area contributed by atoms with Gasteiger partial charge in [0.2, 0.25) is 0 Å². The molecule has 0 spiro atoms. The van der Waals surface area contributed by atoms with Crippen LogP contribution < -0.4 is 5.32 Å². The molecule has 2 aromatic rings. The highest BCUT2D eigenvalue weighted by Gasteiger charge is 2.39. The van der Waals surface area contributed by atoms with Crippen molar-refractivity contribution in [2.45, 2.75) is 18.4 Å². The maximum Gasteiger partial charge on any atom is 0.147 e. The zero-order valence-electron chi connectivity index (χ0n) is 11.3. The predicted octanol–water partition coefficient (Wildman–Crippen LogP) is 4.81. The summed E-state index contributed by atoms with van der Waals surface area (Å²) in [4.78, 5) is 4.20. The van der Waals surface area contributed by atoms with Gasteiger partial charge in [0.1, 0.15) is 5.82 Å². The van der Waals surface area contributed by atoms with Gasteiger partial charge in [0, 0.05) is 22.8 Å². The first-order chi connectivity index (χ1) is 10.2. The van der Waals surface area contributed by atoms with Crippen LogP contribution in [0.4, 0.5) is 10.1 Å². The van der Waals surface area contributed by atoms with Crippen LogP contribution in [0.5, 0.6) is 0 Å². The molecule has 1 aromatic heterocycles. The van der Waals surface area contributed by atoms with Crippen molar-refractivity contribution >= 4 is 21.6 Å². The number of aromatic nitrogens is 1. The first kappa shape index (κ1) is 13.0. The Kier molecular flexibility index (Phi) is 3.07. The number of hydrogen-bond acceptors (Lipinski definition) is 2. The van der Waals surface area contributed by atoms with Crippen molar-refractivity contribution in [2.24, 2.45) is 5.92 Å². The quantitative estimate of drug-likeness (QED) is 0.751. The highest BCUT2D eigenvalue weighted by molar-refractivity contribution is 9.10. The summed E-state index contributed by atoms with van der Waals surface area (Å²) in [5.41, 5.74) is 2.78. The smallest absolute Gasteiger partial charge is 0.147 e. The van der Waals surface area contributed by atoms with E-state index in [4.69, 9.17) is 0 Å². The number of allylic oxidation sites excluding steroid dienone is 2. The molecule has 0 bridgehead atoms. The fourth-order valence-electron chi connectivity index (χ4n) is 3.51. The molecule has 2 aliphatic rings. The number of hydrogen-bond donors (Lipinski definition) is 1. The van der Waals surface area contributed by atoms with Gasteiger partial charge in [0.25, 0.3) is 0 Å². The number of benzene rings is 1. The van der Waals surface area contributed by atoms with Crippen LogP contribution in [-0.2, 0) is 0 Å². The summed E-state index contributed by atoms with van der Waals surface area (Å²) in [5, 5.41) is 3.40. The normalized spacial score (nSPS) is 26.1. The Bertz CT molecular complexity index is 714. The van der Waals surface area contributed by atoms with Gasteiger partial charge >= 0.3 is 0 Å². The zero-order chi connectivity index (χ0) is 14.4. The van der Waals surface area contributed by atoms with Crippen LogP contribution >= 0.6 is 15.9 Å². The maximum absolute atomic E-state index is 14.3. The van der Waals surface area contributed by atoms with Crippen molar-refractivity contribution < 1.29 is 4.39 Å². The number of halogens is 2. The lowest BCUT2D eigenvalue weighted by molar-refractivity contribution is 0.420. The van der Waals surface area contributed by atoms with Crippen molar-refractivity contribution in [3.63, 3.8) is 0 Å². The largest absolute Gasteiger partial charge is 0.375 e. The zero-order valence-corrected chi connectivity index (χ0v) is 12.8. The summed E-state index contributed by atoms with van der Waals surface area (Å²) in [6.45, 7) is 0. The summed E-state index contributed by atoms with van der Waals surface area (Å²) >= 11 is 3.40. The number of anilines is 1. The lowest BCUT2D eigenvalue weighted by atomic mass is 9.77. The molecular weight excluding hydrogens is 331 g/mol. The molecule has 2 heterocycles. The average molecular weight is 345 g/mol. The van der Waals surface area contributed by atoms with Gasteiger partial charge < -0.3 is 5.32 Å². The van der Waals surface area contributed by atoms with E-state index >= 15 is 0 Å². The lowest BCUT2D eigenvalue weighted by Crippen LogP contribution is -2.29. The Morgan fingerprint density at radius 3 is 3.05 bits per heavy atom. The Balaban J connectivity index is 1.84. The van der Waals surface area contributed by atoms with Crippen LogP contribution in [0, 0.1) is 11.7 Å². The molecular formula is C17H14BrFN2. The van der Waals surface area contributed by atoms with E-state index < -0.39 is 0 Å². The SMILES string of the molecule is Fc1cc(Br)cc2c1N[C@H](c1cccnc1)[C@@H]1CC=C[C@@H]21. The van der Waals surface area contributed by atoms with Gasteiger partial charge in [-0.3, -0.25) is 4.98 Å². The van der Waals surface area contributed by atoms with Crippen LogP contribution in [0.15, 0.2) is 53.3 Å². The van der Waals surface area contributed by atoms with Gasteiger partial charge in [-0.1, -0.05) is 34.1 Å². The van der Waals surface area contributed by atoms with Gasteiger partial charge in [-0.2, -0.15) is 0 Å². The van der Waals surface area contributed by atoms with Crippen molar-refractivity contribution in [3.05, 3.63) is 70.2 Å². The summed E-state index contributed by atoms with van der Waals surface area (Å²) in [6.07, 6.45) is 9.05. The summed E-state index contributed by atoms with van der Waals surface area (Å²) in [6, 6.07) is 7.63. The number of fused-ring (bicyclic) bond motifs is 3. The van der Waals surface area contributed by atoms with Crippen molar-refractivity contribution in [2.75, 3.05) is 5.32 Å². The van der Waals surface area contributed by atoms with E-state index in [0.717, 1.165) is 22.0 Å². The molecule has 0 saturated heterocycles. The number of pyridine rings is 1. The molecule has 1 aromatic carbocycles. The molecule has 21 heavy (non-hydrogen) atoms. The van der Waals surface area contributed by atoms with Crippen molar-refractivity contribution in [1.82, 2.24) is 4.98 Å². The first-order valence-electron chi connectivity index (χ1n) is 7.06. The monoisotopic (exact) mass is 344 g/mol. The van der Waals surface area contributed by atoms with E-state index in [-0.39, 0.29) is 17.8 Å². The molecule has 0 fully saturated rings. The topological polar surface area (TPSA) is 24.9 Å². The van der Waals surface area contributed by atoms with Crippen LogP contribution in [0.25, 0.3) is 0 Å².